The average molecular weight is 313 g/mol. The van der Waals surface area contributed by atoms with Crippen LogP contribution in [-0.2, 0) is 4.79 Å². The number of carbonyl (C=O) groups is 2. The lowest BCUT2D eigenvalue weighted by Gasteiger charge is -2.06. The third kappa shape index (κ3) is 4.37. The van der Waals surface area contributed by atoms with E-state index in [4.69, 9.17) is 4.74 Å². The van der Waals surface area contributed by atoms with Gasteiger partial charge < -0.3 is 9.84 Å². The van der Waals surface area contributed by atoms with Crippen molar-refractivity contribution < 1.29 is 19.4 Å². The van der Waals surface area contributed by atoms with Gasteiger partial charge in [-0.25, -0.2) is 10.2 Å². The first-order chi connectivity index (χ1) is 11.1. The molecule has 2 rings (SSSR count). The van der Waals surface area contributed by atoms with Gasteiger partial charge in [0, 0.05) is 23.5 Å². The van der Waals surface area contributed by atoms with E-state index in [1.54, 1.807) is 24.3 Å². The monoisotopic (exact) mass is 313 g/mol. The van der Waals surface area contributed by atoms with Crippen molar-refractivity contribution in [1.29, 1.82) is 0 Å². The van der Waals surface area contributed by atoms with Crippen LogP contribution in [0, 0.1) is 0 Å². The molecule has 0 unspecified atom stereocenters. The Labute approximate surface area is 132 Å². The molecule has 0 radical (unpaired) electrons. The molecular weight excluding hydrogens is 298 g/mol. The predicted octanol–water partition coefficient (Wildman–Crippen LogP) is 1.70. The van der Waals surface area contributed by atoms with Crippen molar-refractivity contribution in [3.8, 4) is 5.75 Å². The number of nitrogens with one attached hydrogen (secondary N) is 1. The Hall–Kier alpha value is -3.22. The summed E-state index contributed by atoms with van der Waals surface area (Å²) in [7, 11) is 0. The maximum Gasteiger partial charge on any atom is 0.356 e. The van der Waals surface area contributed by atoms with Crippen LogP contribution in [0.3, 0.4) is 0 Å². The molecule has 0 aliphatic heterocycles. The van der Waals surface area contributed by atoms with E-state index in [1.165, 1.54) is 24.5 Å². The molecule has 1 heterocycles. The lowest BCUT2D eigenvalue weighted by atomic mass is 10.1. The summed E-state index contributed by atoms with van der Waals surface area (Å²) in [6.45, 7) is 2.37. The summed E-state index contributed by atoms with van der Waals surface area (Å²) in [6.07, 6.45) is 2.92. The van der Waals surface area contributed by atoms with Crippen molar-refractivity contribution in [2.24, 2.45) is 5.10 Å². The van der Waals surface area contributed by atoms with Crippen LogP contribution in [0.1, 0.15) is 22.8 Å². The number of hydrazone groups is 1. The van der Waals surface area contributed by atoms with Crippen molar-refractivity contribution in [2.45, 2.75) is 6.92 Å². The lowest BCUT2D eigenvalue weighted by molar-refractivity contribution is -0.129. The molecule has 2 N–H and O–H groups in total. The van der Waals surface area contributed by atoms with Crippen LogP contribution in [0.25, 0.3) is 0 Å². The standard InChI is InChI=1S/C16H15N3O4/c1-2-23-13-5-3-11(4-6-13)14(16(21)22)18-19-15(20)12-7-9-17-10-8-12/h3-10H,2H2,1H3,(H,19,20)(H,21,22)/b18-14-. The second kappa shape index (κ2) is 7.69. The maximum atomic E-state index is 11.9. The molecule has 1 aromatic heterocycles. The van der Waals surface area contributed by atoms with Gasteiger partial charge in [0.2, 0.25) is 0 Å². The highest BCUT2D eigenvalue weighted by Crippen LogP contribution is 2.13. The fourth-order valence-electron chi connectivity index (χ4n) is 1.79. The summed E-state index contributed by atoms with van der Waals surface area (Å²) in [5.74, 6) is -1.14. The third-order valence-corrected chi connectivity index (χ3v) is 2.85. The Morgan fingerprint density at radius 2 is 1.78 bits per heavy atom. The highest BCUT2D eigenvalue weighted by Gasteiger charge is 2.14. The molecule has 7 heteroatoms. The van der Waals surface area contributed by atoms with Crippen molar-refractivity contribution >= 4 is 17.6 Å². The summed E-state index contributed by atoms with van der Waals surface area (Å²) in [4.78, 5) is 27.0. The number of hydrogen-bond acceptors (Lipinski definition) is 5. The quantitative estimate of drug-likeness (QED) is 0.624. The van der Waals surface area contributed by atoms with Crippen molar-refractivity contribution in [3.63, 3.8) is 0 Å². The van der Waals surface area contributed by atoms with E-state index < -0.39 is 11.9 Å². The first-order valence-corrected chi connectivity index (χ1v) is 6.86. The Balaban J connectivity index is 2.17. The van der Waals surface area contributed by atoms with E-state index in [-0.39, 0.29) is 5.71 Å². The number of rotatable bonds is 6. The van der Waals surface area contributed by atoms with Gasteiger partial charge in [-0.2, -0.15) is 5.10 Å². The van der Waals surface area contributed by atoms with E-state index >= 15 is 0 Å². The number of ether oxygens (including phenoxy) is 1. The van der Waals surface area contributed by atoms with Gasteiger partial charge in [0.25, 0.3) is 5.91 Å². The van der Waals surface area contributed by atoms with Crippen LogP contribution in [-0.4, -0.2) is 34.3 Å². The van der Waals surface area contributed by atoms with Crippen LogP contribution in [0.15, 0.2) is 53.9 Å². The largest absolute Gasteiger partial charge is 0.494 e. The Morgan fingerprint density at radius 1 is 1.13 bits per heavy atom. The minimum atomic E-state index is -1.25. The minimum Gasteiger partial charge on any atom is -0.494 e. The predicted molar refractivity (Wildman–Crippen MR) is 83.5 cm³/mol. The van der Waals surface area contributed by atoms with Gasteiger partial charge in [-0.1, -0.05) is 0 Å². The number of hydrogen-bond donors (Lipinski definition) is 2. The smallest absolute Gasteiger partial charge is 0.356 e. The van der Waals surface area contributed by atoms with Crippen LogP contribution in [0.4, 0.5) is 0 Å². The number of aliphatic carboxylic acids is 1. The number of carboxylic acids is 1. The summed E-state index contributed by atoms with van der Waals surface area (Å²) in [5.41, 5.74) is 2.65. The topological polar surface area (TPSA) is 101 Å². The summed E-state index contributed by atoms with van der Waals surface area (Å²) in [5, 5.41) is 13.0. The van der Waals surface area contributed by atoms with Gasteiger partial charge in [0.1, 0.15) is 5.75 Å². The summed E-state index contributed by atoms with van der Waals surface area (Å²) < 4.78 is 5.29. The molecule has 2 aromatic rings. The van der Waals surface area contributed by atoms with E-state index in [1.807, 2.05) is 6.92 Å². The number of aromatic nitrogens is 1. The molecule has 1 aromatic carbocycles. The molecule has 118 valence electrons. The SMILES string of the molecule is CCOc1ccc(/C(=N/NC(=O)c2ccncc2)C(=O)O)cc1. The second-order valence-corrected chi connectivity index (χ2v) is 4.40. The fourth-order valence-corrected chi connectivity index (χ4v) is 1.79. The first kappa shape index (κ1) is 16.2. The van der Waals surface area contributed by atoms with Crippen LogP contribution < -0.4 is 10.2 Å². The Kier molecular flexibility index (Phi) is 5.40. The molecule has 0 aliphatic carbocycles. The zero-order valence-corrected chi connectivity index (χ0v) is 12.4. The molecule has 23 heavy (non-hydrogen) atoms. The lowest BCUT2D eigenvalue weighted by Crippen LogP contribution is -2.24. The van der Waals surface area contributed by atoms with E-state index in [9.17, 15) is 14.7 Å². The molecule has 0 bridgehead atoms. The van der Waals surface area contributed by atoms with Gasteiger partial charge >= 0.3 is 5.97 Å². The van der Waals surface area contributed by atoms with Crippen LogP contribution in [0.5, 0.6) is 5.75 Å². The van der Waals surface area contributed by atoms with Gasteiger partial charge in [-0.05, 0) is 43.3 Å². The normalized spacial score (nSPS) is 10.9. The number of carboxylic acid groups (broad SMARTS) is 1. The molecule has 0 saturated heterocycles. The highest BCUT2D eigenvalue weighted by molar-refractivity contribution is 6.42. The number of pyridine rings is 1. The van der Waals surface area contributed by atoms with Crippen molar-refractivity contribution in [1.82, 2.24) is 10.4 Å². The summed E-state index contributed by atoms with van der Waals surface area (Å²) >= 11 is 0. The molecule has 0 aliphatic rings. The van der Waals surface area contributed by atoms with Crippen molar-refractivity contribution in [3.05, 3.63) is 59.9 Å². The number of carbonyl (C=O) groups excluding carboxylic acids is 1. The van der Waals surface area contributed by atoms with Crippen LogP contribution >= 0.6 is 0 Å². The maximum absolute atomic E-state index is 11.9. The van der Waals surface area contributed by atoms with E-state index in [0.717, 1.165) is 0 Å². The van der Waals surface area contributed by atoms with Gasteiger partial charge in [0.15, 0.2) is 5.71 Å². The zero-order chi connectivity index (χ0) is 16.7. The average Bonchev–Trinajstić information content (AvgIpc) is 2.57. The number of nitrogens with zero attached hydrogens (tertiary/aromatic N) is 2. The van der Waals surface area contributed by atoms with Gasteiger partial charge in [-0.3, -0.25) is 9.78 Å². The van der Waals surface area contributed by atoms with Gasteiger partial charge in [-0.15, -0.1) is 0 Å². The number of benzene rings is 1. The molecule has 0 atom stereocenters. The number of amides is 1. The summed E-state index contributed by atoms with van der Waals surface area (Å²) in [6, 6.07) is 9.42. The Bertz CT molecular complexity index is 712. The minimum absolute atomic E-state index is 0.268. The van der Waals surface area contributed by atoms with Crippen molar-refractivity contribution in [2.75, 3.05) is 6.61 Å². The molecular formula is C16H15N3O4. The first-order valence-electron chi connectivity index (χ1n) is 6.86. The zero-order valence-electron chi connectivity index (χ0n) is 12.4. The fraction of sp³-hybridized carbons (Fsp3) is 0.125. The molecule has 1 amide bonds. The molecule has 0 spiro atoms. The molecule has 0 fully saturated rings. The molecule has 7 nitrogen and oxygen atoms in total. The molecule has 0 saturated carbocycles. The van der Waals surface area contributed by atoms with E-state index in [2.05, 4.69) is 15.5 Å². The van der Waals surface area contributed by atoms with Crippen LogP contribution in [0.2, 0.25) is 0 Å². The Morgan fingerprint density at radius 3 is 2.35 bits per heavy atom. The second-order valence-electron chi connectivity index (χ2n) is 4.40. The third-order valence-electron chi connectivity index (χ3n) is 2.85. The van der Waals surface area contributed by atoms with E-state index in [0.29, 0.717) is 23.5 Å². The van der Waals surface area contributed by atoms with Gasteiger partial charge in [0.05, 0.1) is 6.61 Å². The highest BCUT2D eigenvalue weighted by atomic mass is 16.5.